The second-order valence-electron chi connectivity index (χ2n) is 1.29. The molecule has 1 rings (SSSR count). The van der Waals surface area contributed by atoms with Crippen LogP contribution in [0.5, 0.6) is 0 Å². The van der Waals surface area contributed by atoms with Crippen LogP contribution in [0.15, 0.2) is 29.0 Å². The van der Waals surface area contributed by atoms with Gasteiger partial charge < -0.3 is 10.0 Å². The maximum absolute atomic E-state index is 7.12. The summed E-state index contributed by atoms with van der Waals surface area (Å²) < 4.78 is 0.884. The first-order chi connectivity index (χ1) is 4.81. The minimum absolute atomic E-state index is 0.750. The van der Waals surface area contributed by atoms with Crippen LogP contribution < -0.4 is 0 Å². The molecule has 0 amide bonds. The van der Waals surface area contributed by atoms with Crippen molar-refractivity contribution in [2.24, 2.45) is 0 Å². The average molecular weight is 204 g/mol. The van der Waals surface area contributed by atoms with Crippen LogP contribution in [0.4, 0.5) is 0 Å². The first-order valence-electron chi connectivity index (χ1n) is 2.59. The van der Waals surface area contributed by atoms with Crippen LogP contribution in [0, 0.1) is 0 Å². The van der Waals surface area contributed by atoms with Crippen LogP contribution in [0.1, 0.15) is 0 Å². The van der Waals surface area contributed by atoms with Gasteiger partial charge in [0, 0.05) is 6.20 Å². The minimum Gasteiger partial charge on any atom is -0.430 e. The van der Waals surface area contributed by atoms with Crippen molar-refractivity contribution < 1.29 is 10.0 Å². The van der Waals surface area contributed by atoms with Gasteiger partial charge in [0.2, 0.25) is 0 Å². The zero-order valence-corrected chi connectivity index (χ0v) is 6.82. The molecule has 0 saturated carbocycles. The van der Waals surface area contributed by atoms with Crippen molar-refractivity contribution >= 4 is 23.6 Å². The molecule has 0 radical (unpaired) electrons. The molecule has 0 aromatic carbocycles. The first-order valence-corrected chi connectivity index (χ1v) is 3.38. The Morgan fingerprint density at radius 2 is 2.00 bits per heavy atom. The Kier molecular flexibility index (Phi) is 6.47. The van der Waals surface area contributed by atoms with E-state index in [-0.39, 0.29) is 0 Å². The molecule has 10 heavy (non-hydrogen) atoms. The fraction of sp³-hybridized carbons (Fsp3) is 0. The normalized spacial score (nSPS) is 7.50. The molecule has 1 aromatic heterocycles. The molecule has 3 nitrogen and oxygen atoms in total. The van der Waals surface area contributed by atoms with E-state index in [9.17, 15) is 0 Å². The van der Waals surface area contributed by atoms with Gasteiger partial charge in [-0.05, 0) is 28.1 Å². The van der Waals surface area contributed by atoms with Crippen molar-refractivity contribution in [1.82, 2.24) is 4.98 Å². The Morgan fingerprint density at radius 1 is 1.40 bits per heavy atom. The fourth-order valence-electron chi connectivity index (χ4n) is 0.342. The van der Waals surface area contributed by atoms with Gasteiger partial charge in [-0.2, -0.15) is 0 Å². The van der Waals surface area contributed by atoms with E-state index in [1.54, 1.807) is 6.20 Å². The van der Waals surface area contributed by atoms with E-state index in [0.717, 1.165) is 4.60 Å². The molecule has 1 heterocycles. The van der Waals surface area contributed by atoms with Crippen LogP contribution in [0.2, 0.25) is 0 Å². The number of rotatable bonds is 0. The maximum atomic E-state index is 7.12. The van der Waals surface area contributed by atoms with Crippen molar-refractivity contribution in [3.05, 3.63) is 29.0 Å². The summed E-state index contributed by atoms with van der Waals surface area (Å²) in [6, 6.07) is 5.70. The van der Waals surface area contributed by atoms with E-state index in [0.29, 0.717) is 0 Å². The van der Waals surface area contributed by atoms with Gasteiger partial charge in [-0.15, -0.1) is 0 Å². The SMILES string of the molecule is Brc1ccccn1.OBO. The molecule has 0 aliphatic rings. The van der Waals surface area contributed by atoms with Gasteiger partial charge in [0.15, 0.2) is 0 Å². The topological polar surface area (TPSA) is 53.4 Å². The average Bonchev–Trinajstić information content (AvgIpc) is 1.91. The van der Waals surface area contributed by atoms with Gasteiger partial charge >= 0.3 is 7.69 Å². The van der Waals surface area contributed by atoms with E-state index in [1.807, 2.05) is 18.2 Å². The van der Waals surface area contributed by atoms with Gasteiger partial charge in [0.05, 0.1) is 0 Å². The molecule has 0 atom stereocenters. The molecular weight excluding hydrogens is 197 g/mol. The predicted octanol–water partition coefficient (Wildman–Crippen LogP) is 0.0816. The molecule has 0 saturated heterocycles. The van der Waals surface area contributed by atoms with E-state index in [4.69, 9.17) is 10.0 Å². The van der Waals surface area contributed by atoms with Crippen LogP contribution in [-0.2, 0) is 0 Å². The van der Waals surface area contributed by atoms with Gasteiger partial charge in [-0.25, -0.2) is 4.98 Å². The third-order valence-corrected chi connectivity index (χ3v) is 1.10. The third-order valence-electron chi connectivity index (χ3n) is 0.629. The Hall–Kier alpha value is -0.385. The molecule has 0 bridgehead atoms. The summed E-state index contributed by atoms with van der Waals surface area (Å²) in [5.41, 5.74) is 0. The summed E-state index contributed by atoms with van der Waals surface area (Å²) in [7, 11) is -0.750. The van der Waals surface area contributed by atoms with E-state index < -0.39 is 7.69 Å². The zero-order valence-electron chi connectivity index (χ0n) is 5.24. The van der Waals surface area contributed by atoms with Crippen LogP contribution in [0.3, 0.4) is 0 Å². The minimum atomic E-state index is -0.750. The lowest BCUT2D eigenvalue weighted by Crippen LogP contribution is -1.75. The highest BCUT2D eigenvalue weighted by Gasteiger charge is 1.75. The summed E-state index contributed by atoms with van der Waals surface area (Å²) in [5.74, 6) is 0. The molecule has 2 N–H and O–H groups in total. The molecule has 0 unspecified atom stereocenters. The van der Waals surface area contributed by atoms with Gasteiger partial charge in [0.25, 0.3) is 0 Å². The van der Waals surface area contributed by atoms with E-state index in [2.05, 4.69) is 20.9 Å². The number of halogens is 1. The quantitative estimate of drug-likeness (QED) is 0.464. The summed E-state index contributed by atoms with van der Waals surface area (Å²) in [6.45, 7) is 0. The molecule has 0 fully saturated rings. The number of hydrogen-bond donors (Lipinski definition) is 2. The van der Waals surface area contributed by atoms with E-state index >= 15 is 0 Å². The number of hydrogen-bond acceptors (Lipinski definition) is 3. The lowest BCUT2D eigenvalue weighted by molar-refractivity contribution is 0.448. The second kappa shape index (κ2) is 6.73. The zero-order chi connectivity index (χ0) is 7.82. The van der Waals surface area contributed by atoms with Crippen LogP contribution in [0.25, 0.3) is 0 Å². The maximum Gasteiger partial charge on any atom is 0.432 e. The smallest absolute Gasteiger partial charge is 0.430 e. The highest BCUT2D eigenvalue weighted by molar-refractivity contribution is 9.10. The summed E-state index contributed by atoms with van der Waals surface area (Å²) in [6.07, 6.45) is 1.74. The second-order valence-corrected chi connectivity index (χ2v) is 2.11. The summed E-state index contributed by atoms with van der Waals surface area (Å²) in [4.78, 5) is 3.90. The molecule has 0 aliphatic heterocycles. The number of pyridine rings is 1. The standard InChI is InChI=1S/C5H4BrN.BH3O2/c6-5-3-1-2-4-7-5;2-1-3/h1-4H;1-3H. The molecule has 1 aromatic rings. The molecular formula is C5H7BBrNO2. The fourth-order valence-corrected chi connectivity index (χ4v) is 0.613. The highest BCUT2D eigenvalue weighted by atomic mass is 79.9. The molecule has 54 valence electrons. The van der Waals surface area contributed by atoms with E-state index in [1.165, 1.54) is 0 Å². The Balaban J connectivity index is 0.000000236. The largest absolute Gasteiger partial charge is 0.432 e. The Morgan fingerprint density at radius 3 is 2.20 bits per heavy atom. The van der Waals surface area contributed by atoms with Crippen molar-refractivity contribution in [2.75, 3.05) is 0 Å². The van der Waals surface area contributed by atoms with Crippen LogP contribution >= 0.6 is 15.9 Å². The van der Waals surface area contributed by atoms with Crippen LogP contribution in [-0.4, -0.2) is 22.7 Å². The monoisotopic (exact) mass is 203 g/mol. The Bertz CT molecular complexity index is 161. The van der Waals surface area contributed by atoms with Crippen molar-refractivity contribution in [3.8, 4) is 0 Å². The molecule has 0 spiro atoms. The van der Waals surface area contributed by atoms with Gasteiger partial charge in [0.1, 0.15) is 4.60 Å². The lowest BCUT2D eigenvalue weighted by Gasteiger charge is -1.80. The van der Waals surface area contributed by atoms with Crippen molar-refractivity contribution in [2.45, 2.75) is 0 Å². The number of aromatic nitrogens is 1. The highest BCUT2D eigenvalue weighted by Crippen LogP contribution is 2.00. The molecule has 0 aliphatic carbocycles. The predicted molar refractivity (Wildman–Crippen MR) is 43.5 cm³/mol. The Labute approximate surface area is 68.2 Å². The summed E-state index contributed by atoms with van der Waals surface area (Å²) in [5, 5.41) is 14.2. The lowest BCUT2D eigenvalue weighted by atomic mass is 10.5. The van der Waals surface area contributed by atoms with Gasteiger partial charge in [-0.1, -0.05) is 6.07 Å². The van der Waals surface area contributed by atoms with Crippen molar-refractivity contribution in [3.63, 3.8) is 0 Å². The molecule has 5 heteroatoms. The summed E-state index contributed by atoms with van der Waals surface area (Å²) >= 11 is 3.20. The van der Waals surface area contributed by atoms with Crippen molar-refractivity contribution in [1.29, 1.82) is 0 Å². The van der Waals surface area contributed by atoms with Gasteiger partial charge in [-0.3, -0.25) is 0 Å². The number of nitrogens with zero attached hydrogens (tertiary/aromatic N) is 1. The first kappa shape index (κ1) is 9.61. The third kappa shape index (κ3) is 5.75.